The van der Waals surface area contributed by atoms with E-state index >= 15 is 0 Å². The van der Waals surface area contributed by atoms with E-state index in [-0.39, 0.29) is 0 Å². The fourth-order valence-electron chi connectivity index (χ4n) is 0.645. The first-order valence-electron chi connectivity index (χ1n) is 3.32. The average Bonchev–Trinajstić information content (AvgIpc) is 1.80. The van der Waals surface area contributed by atoms with E-state index in [1.807, 2.05) is 0 Å². The van der Waals surface area contributed by atoms with Gasteiger partial charge in [-0.3, -0.25) is 0 Å². The van der Waals surface area contributed by atoms with Crippen LogP contribution >= 0.6 is 15.9 Å². The van der Waals surface area contributed by atoms with Gasteiger partial charge in [-0.2, -0.15) is 0 Å². The van der Waals surface area contributed by atoms with Crippen molar-refractivity contribution < 1.29 is 4.79 Å². The van der Waals surface area contributed by atoms with Crippen LogP contribution in [0.3, 0.4) is 0 Å². The van der Waals surface area contributed by atoms with E-state index in [1.165, 1.54) is 12.8 Å². The number of hydrogen-bond donors (Lipinski definition) is 0. The van der Waals surface area contributed by atoms with Gasteiger partial charge in [-0.05, 0) is 0 Å². The van der Waals surface area contributed by atoms with Crippen molar-refractivity contribution in [2.45, 2.75) is 25.7 Å². The second kappa shape index (κ2) is 7.26. The molecule has 0 bridgehead atoms. The first kappa shape index (κ1) is 10.2. The summed E-state index contributed by atoms with van der Waals surface area (Å²) in [6.07, 6.45) is 4.31. The predicted molar refractivity (Wildman–Crippen MR) is 43.0 cm³/mol. The molecule has 3 heteroatoms. The molecule has 0 N–H and O–H groups in total. The van der Waals surface area contributed by atoms with E-state index in [2.05, 4.69) is 15.9 Å². The van der Waals surface area contributed by atoms with Crippen molar-refractivity contribution in [3.8, 4) is 0 Å². The second-order valence-electron chi connectivity index (χ2n) is 2.20. The zero-order valence-electron chi connectivity index (χ0n) is 5.82. The standard InChI is InChI=1S/C6H10BrO.Na/c7-5-3-1-2-4-6-8;/h1-5H2;. The van der Waals surface area contributed by atoms with E-state index < -0.39 is 0 Å². The van der Waals surface area contributed by atoms with Crippen LogP contribution in [0.1, 0.15) is 25.7 Å². The van der Waals surface area contributed by atoms with Crippen molar-refractivity contribution in [1.29, 1.82) is 0 Å². The Labute approximate surface area is 82.1 Å². The summed E-state index contributed by atoms with van der Waals surface area (Å²) in [5.41, 5.74) is 0. The van der Waals surface area contributed by atoms with Crippen LogP contribution in [0.2, 0.25) is 0 Å². The van der Waals surface area contributed by atoms with E-state index in [1.54, 1.807) is 0 Å². The summed E-state index contributed by atoms with van der Waals surface area (Å²) in [7, 11) is 0. The van der Waals surface area contributed by atoms with Crippen molar-refractivity contribution in [1.82, 2.24) is 0 Å². The van der Waals surface area contributed by atoms with Crippen LogP contribution in [-0.4, -0.2) is 36.3 Å². The van der Waals surface area contributed by atoms with E-state index in [0.717, 1.165) is 46.1 Å². The molecule has 0 fully saturated rings. The second-order valence-corrected chi connectivity index (χ2v) is 4.11. The third-order valence-electron chi connectivity index (χ3n) is 1.16. The van der Waals surface area contributed by atoms with Crippen LogP contribution in [0.15, 0.2) is 0 Å². The molecule has 48 valence electrons. The number of unbranched alkanes of at least 4 members (excludes halogenated alkanes) is 2. The van der Waals surface area contributed by atoms with Gasteiger partial charge in [0.25, 0.3) is 0 Å². The molecule has 0 saturated carbocycles. The van der Waals surface area contributed by atoms with Gasteiger partial charge in [-0.1, -0.05) is 0 Å². The Morgan fingerprint density at radius 1 is 1.33 bits per heavy atom. The molecule has 0 aromatic heterocycles. The molecule has 0 heterocycles. The van der Waals surface area contributed by atoms with Crippen molar-refractivity contribution in [2.75, 3.05) is 5.33 Å². The van der Waals surface area contributed by atoms with Crippen LogP contribution in [0.4, 0.5) is 0 Å². The Kier molecular flexibility index (Phi) is 8.19. The van der Waals surface area contributed by atoms with E-state index in [9.17, 15) is 4.79 Å². The molecule has 0 atom stereocenters. The topological polar surface area (TPSA) is 17.1 Å². The molecular weight excluding hydrogens is 191 g/mol. The molecule has 0 unspecified atom stereocenters. The Balaban J connectivity index is 2.83. The van der Waals surface area contributed by atoms with Crippen molar-refractivity contribution >= 4 is 46.9 Å². The average molecular weight is 201 g/mol. The minimum atomic E-state index is 0.449. The molecule has 0 aromatic carbocycles. The van der Waals surface area contributed by atoms with Crippen molar-refractivity contribution in [2.24, 2.45) is 0 Å². The zero-order chi connectivity index (χ0) is 7.11. The molecule has 0 spiro atoms. The molecule has 0 rings (SSSR count). The summed E-state index contributed by atoms with van der Waals surface area (Å²) in [4.78, 5) is 10.5. The number of hydrogen-bond acceptors (Lipinski definition) is 1. The SMILES string of the molecule is O=[C]([Na])CCCCCBr. The molecule has 9 heavy (non-hydrogen) atoms. The first-order chi connectivity index (χ1) is 4.27. The fraction of sp³-hybridized carbons (Fsp3) is 0.833. The Hall–Kier alpha value is 1.15. The van der Waals surface area contributed by atoms with Gasteiger partial charge in [0.05, 0.1) is 0 Å². The summed E-state index contributed by atoms with van der Waals surface area (Å²) in [5.74, 6) is 0. The number of alkyl halides is 1. The van der Waals surface area contributed by atoms with E-state index in [4.69, 9.17) is 0 Å². The van der Waals surface area contributed by atoms with Gasteiger partial charge in [0.15, 0.2) is 0 Å². The molecule has 0 aromatic rings. The number of halogens is 1. The summed E-state index contributed by atoms with van der Waals surface area (Å²) < 4.78 is 0.449. The van der Waals surface area contributed by atoms with Crippen LogP contribution in [0, 0.1) is 0 Å². The molecule has 0 saturated heterocycles. The number of carbonyl (C=O) groups excluding carboxylic acids is 1. The summed E-state index contributed by atoms with van der Waals surface area (Å²) >= 11 is 4.08. The van der Waals surface area contributed by atoms with Gasteiger partial charge in [0, 0.05) is 0 Å². The molecular formula is C6H10BrNaO. The van der Waals surface area contributed by atoms with Gasteiger partial charge < -0.3 is 0 Å². The molecule has 1 nitrogen and oxygen atoms in total. The van der Waals surface area contributed by atoms with Crippen LogP contribution in [-0.2, 0) is 4.79 Å². The number of carbonyl (C=O) groups is 1. The summed E-state index contributed by atoms with van der Waals surface area (Å²) in [6, 6.07) is 0. The molecule has 0 amide bonds. The zero-order valence-corrected chi connectivity index (χ0v) is 9.41. The fourth-order valence-corrected chi connectivity index (χ4v) is 1.40. The number of rotatable bonds is 5. The Morgan fingerprint density at radius 3 is 2.44 bits per heavy atom. The van der Waals surface area contributed by atoms with Crippen LogP contribution in [0.5, 0.6) is 0 Å². The monoisotopic (exact) mass is 200 g/mol. The van der Waals surface area contributed by atoms with Gasteiger partial charge >= 0.3 is 82.7 Å². The third-order valence-corrected chi connectivity index (χ3v) is 2.22. The normalized spacial score (nSPS) is 9.67. The van der Waals surface area contributed by atoms with Gasteiger partial charge in [0.1, 0.15) is 0 Å². The van der Waals surface area contributed by atoms with E-state index in [0.29, 0.717) is 3.03 Å². The third kappa shape index (κ3) is 9.15. The van der Waals surface area contributed by atoms with Crippen molar-refractivity contribution in [3.63, 3.8) is 0 Å². The predicted octanol–water partition coefficient (Wildman–Crippen LogP) is 1.64. The van der Waals surface area contributed by atoms with Crippen LogP contribution < -0.4 is 0 Å². The van der Waals surface area contributed by atoms with Gasteiger partial charge in [0.2, 0.25) is 0 Å². The molecule has 0 aliphatic carbocycles. The maximum absolute atomic E-state index is 10.5. The van der Waals surface area contributed by atoms with Crippen LogP contribution in [0.25, 0.3) is 0 Å². The molecule has 0 radical (unpaired) electrons. The maximum atomic E-state index is 10.5. The molecule has 0 aliphatic heterocycles. The first-order valence-corrected chi connectivity index (χ1v) is 5.45. The summed E-state index contributed by atoms with van der Waals surface area (Å²) in [6.45, 7) is 0. The quantitative estimate of drug-likeness (QED) is 0.375. The Morgan fingerprint density at radius 2 is 2.00 bits per heavy atom. The minimum absolute atomic E-state index is 0.449. The van der Waals surface area contributed by atoms with Gasteiger partial charge in [-0.15, -0.1) is 0 Å². The molecule has 0 aliphatic rings. The summed E-state index contributed by atoms with van der Waals surface area (Å²) in [5, 5.41) is 1.07. The van der Waals surface area contributed by atoms with Crippen molar-refractivity contribution in [3.05, 3.63) is 0 Å². The van der Waals surface area contributed by atoms with Gasteiger partial charge in [-0.25, -0.2) is 0 Å². The Bertz CT molecular complexity index is 85.1.